The number of hydrogen-bond acceptors (Lipinski definition) is 4. The average molecular weight is 224 g/mol. The lowest BCUT2D eigenvalue weighted by Gasteiger charge is -2.02. The number of nitrogens with one attached hydrogen (secondary N) is 2. The lowest BCUT2D eigenvalue weighted by atomic mass is 10.4. The number of nitrogens with zero attached hydrogens (tertiary/aromatic N) is 3. The Balaban J connectivity index is 1.99. The summed E-state index contributed by atoms with van der Waals surface area (Å²) in [4.78, 5) is 8.06. The van der Waals surface area contributed by atoms with Gasteiger partial charge in [-0.05, 0) is 19.1 Å². The van der Waals surface area contributed by atoms with Crippen LogP contribution >= 0.6 is 11.6 Å². The van der Waals surface area contributed by atoms with Crippen molar-refractivity contribution >= 4 is 17.3 Å². The standard InChI is InChI=1S/C9H10ClN5/c1-6-13-9(15-14-6)5-12-7-2-3-11-8(10)4-7/h2-4H,5H2,1H3,(H,11,12)(H,13,14,15). The number of pyridine rings is 1. The van der Waals surface area contributed by atoms with Gasteiger partial charge in [-0.3, -0.25) is 5.10 Å². The first-order valence-corrected chi connectivity index (χ1v) is 4.85. The van der Waals surface area contributed by atoms with Crippen molar-refractivity contribution in [2.45, 2.75) is 13.5 Å². The fourth-order valence-corrected chi connectivity index (χ4v) is 1.34. The molecule has 15 heavy (non-hydrogen) atoms. The molecule has 0 aromatic carbocycles. The monoisotopic (exact) mass is 223 g/mol. The second-order valence-corrected chi connectivity index (χ2v) is 3.45. The molecule has 2 aromatic rings. The first kappa shape index (κ1) is 9.92. The maximum atomic E-state index is 5.74. The van der Waals surface area contributed by atoms with Gasteiger partial charge in [0.15, 0.2) is 5.82 Å². The van der Waals surface area contributed by atoms with Crippen LogP contribution in [0, 0.1) is 6.92 Å². The molecule has 0 radical (unpaired) electrons. The number of aromatic amines is 1. The van der Waals surface area contributed by atoms with E-state index in [4.69, 9.17) is 11.6 Å². The highest BCUT2D eigenvalue weighted by atomic mass is 35.5. The van der Waals surface area contributed by atoms with Gasteiger partial charge < -0.3 is 5.32 Å². The molecule has 2 rings (SSSR count). The summed E-state index contributed by atoms with van der Waals surface area (Å²) in [5.74, 6) is 1.53. The molecule has 2 N–H and O–H groups in total. The van der Waals surface area contributed by atoms with Gasteiger partial charge in [0.25, 0.3) is 0 Å². The van der Waals surface area contributed by atoms with Crippen LogP contribution in [0.2, 0.25) is 5.15 Å². The first-order valence-electron chi connectivity index (χ1n) is 4.47. The van der Waals surface area contributed by atoms with Crippen LogP contribution in [0.5, 0.6) is 0 Å². The zero-order chi connectivity index (χ0) is 10.7. The van der Waals surface area contributed by atoms with Crippen molar-refractivity contribution in [1.82, 2.24) is 20.2 Å². The highest BCUT2D eigenvalue weighted by Crippen LogP contribution is 2.12. The molecule has 0 aliphatic rings. The molecule has 78 valence electrons. The summed E-state index contributed by atoms with van der Waals surface area (Å²) in [5, 5.41) is 10.4. The van der Waals surface area contributed by atoms with E-state index in [-0.39, 0.29) is 0 Å². The van der Waals surface area contributed by atoms with Crippen LogP contribution in [-0.2, 0) is 6.54 Å². The summed E-state index contributed by atoms with van der Waals surface area (Å²) in [6, 6.07) is 3.59. The van der Waals surface area contributed by atoms with E-state index >= 15 is 0 Å². The number of halogens is 1. The smallest absolute Gasteiger partial charge is 0.169 e. The molecule has 0 atom stereocenters. The summed E-state index contributed by atoms with van der Waals surface area (Å²) in [6.07, 6.45) is 1.65. The van der Waals surface area contributed by atoms with Crippen molar-refractivity contribution in [1.29, 1.82) is 0 Å². The molecule has 0 aliphatic heterocycles. The van der Waals surface area contributed by atoms with Gasteiger partial charge >= 0.3 is 0 Å². The molecular weight excluding hydrogens is 214 g/mol. The zero-order valence-corrected chi connectivity index (χ0v) is 8.91. The summed E-state index contributed by atoms with van der Waals surface area (Å²) in [5.41, 5.74) is 0.900. The highest BCUT2D eigenvalue weighted by Gasteiger charge is 1.99. The third-order valence-electron chi connectivity index (χ3n) is 1.82. The van der Waals surface area contributed by atoms with Crippen LogP contribution in [-0.4, -0.2) is 20.2 Å². The van der Waals surface area contributed by atoms with E-state index in [9.17, 15) is 0 Å². The maximum Gasteiger partial charge on any atom is 0.169 e. The van der Waals surface area contributed by atoms with Crippen LogP contribution in [0.25, 0.3) is 0 Å². The van der Waals surface area contributed by atoms with E-state index in [1.165, 1.54) is 0 Å². The topological polar surface area (TPSA) is 66.5 Å². The molecule has 5 nitrogen and oxygen atoms in total. The zero-order valence-electron chi connectivity index (χ0n) is 8.16. The number of hydrogen-bond donors (Lipinski definition) is 2. The predicted molar refractivity (Wildman–Crippen MR) is 57.7 cm³/mol. The quantitative estimate of drug-likeness (QED) is 0.779. The molecule has 2 heterocycles. The van der Waals surface area contributed by atoms with Gasteiger partial charge in [0.2, 0.25) is 0 Å². The van der Waals surface area contributed by atoms with E-state index in [0.717, 1.165) is 17.3 Å². The van der Waals surface area contributed by atoms with Crippen LogP contribution < -0.4 is 5.32 Å². The van der Waals surface area contributed by atoms with Gasteiger partial charge in [-0.1, -0.05) is 11.6 Å². The number of aryl methyl sites for hydroxylation is 1. The third kappa shape index (κ3) is 2.66. The lowest BCUT2D eigenvalue weighted by molar-refractivity contribution is 0.953. The third-order valence-corrected chi connectivity index (χ3v) is 2.03. The SMILES string of the molecule is Cc1nc(CNc2ccnc(Cl)c2)n[nH]1. The molecule has 0 saturated carbocycles. The molecular formula is C9H10ClN5. The Labute approximate surface area is 91.9 Å². The average Bonchev–Trinajstić information content (AvgIpc) is 2.62. The maximum absolute atomic E-state index is 5.74. The largest absolute Gasteiger partial charge is 0.378 e. The fraction of sp³-hybridized carbons (Fsp3) is 0.222. The number of aromatic nitrogens is 4. The van der Waals surface area contributed by atoms with Crippen LogP contribution in [0.15, 0.2) is 18.3 Å². The van der Waals surface area contributed by atoms with Crippen molar-refractivity contribution in [2.75, 3.05) is 5.32 Å². The number of rotatable bonds is 3. The van der Waals surface area contributed by atoms with Crippen LogP contribution in [0.1, 0.15) is 11.6 Å². The Morgan fingerprint density at radius 3 is 3.07 bits per heavy atom. The minimum atomic E-state index is 0.464. The normalized spacial score (nSPS) is 10.3. The van der Waals surface area contributed by atoms with Crippen molar-refractivity contribution < 1.29 is 0 Å². The second-order valence-electron chi connectivity index (χ2n) is 3.06. The molecule has 2 aromatic heterocycles. The molecule has 0 fully saturated rings. The van der Waals surface area contributed by atoms with Gasteiger partial charge in [0.1, 0.15) is 11.0 Å². The van der Waals surface area contributed by atoms with Crippen molar-refractivity contribution in [3.05, 3.63) is 35.1 Å². The summed E-state index contributed by atoms with van der Waals surface area (Å²) < 4.78 is 0. The van der Waals surface area contributed by atoms with E-state index in [1.807, 2.05) is 13.0 Å². The summed E-state index contributed by atoms with van der Waals surface area (Å²) >= 11 is 5.74. The van der Waals surface area contributed by atoms with E-state index in [2.05, 4.69) is 25.5 Å². The Morgan fingerprint density at radius 2 is 2.40 bits per heavy atom. The van der Waals surface area contributed by atoms with E-state index in [1.54, 1.807) is 12.3 Å². The first-order chi connectivity index (χ1) is 7.24. The Hall–Kier alpha value is -1.62. The van der Waals surface area contributed by atoms with Gasteiger partial charge in [0.05, 0.1) is 6.54 Å². The Kier molecular flexibility index (Phi) is 2.82. The molecule has 0 amide bonds. The molecule has 6 heteroatoms. The van der Waals surface area contributed by atoms with Gasteiger partial charge in [0, 0.05) is 11.9 Å². The van der Waals surface area contributed by atoms with E-state index < -0.39 is 0 Å². The minimum absolute atomic E-state index is 0.464. The van der Waals surface area contributed by atoms with E-state index in [0.29, 0.717) is 11.7 Å². The molecule has 0 bridgehead atoms. The fourth-order valence-electron chi connectivity index (χ4n) is 1.16. The molecule has 0 aliphatic carbocycles. The number of anilines is 1. The Bertz CT molecular complexity index is 453. The highest BCUT2D eigenvalue weighted by molar-refractivity contribution is 6.29. The summed E-state index contributed by atoms with van der Waals surface area (Å²) in [7, 11) is 0. The van der Waals surface area contributed by atoms with Crippen molar-refractivity contribution in [3.8, 4) is 0 Å². The number of H-pyrrole nitrogens is 1. The van der Waals surface area contributed by atoms with Gasteiger partial charge in [-0.25, -0.2) is 9.97 Å². The Morgan fingerprint density at radius 1 is 1.53 bits per heavy atom. The molecule has 0 unspecified atom stereocenters. The molecule has 0 saturated heterocycles. The van der Waals surface area contributed by atoms with Crippen LogP contribution in [0.3, 0.4) is 0 Å². The second kappa shape index (κ2) is 4.27. The summed E-state index contributed by atoms with van der Waals surface area (Å²) in [6.45, 7) is 2.42. The minimum Gasteiger partial charge on any atom is -0.378 e. The predicted octanol–water partition coefficient (Wildman–Crippen LogP) is 1.77. The van der Waals surface area contributed by atoms with Gasteiger partial charge in [-0.2, -0.15) is 5.10 Å². The van der Waals surface area contributed by atoms with Gasteiger partial charge in [-0.15, -0.1) is 0 Å². The molecule has 0 spiro atoms. The van der Waals surface area contributed by atoms with Crippen molar-refractivity contribution in [3.63, 3.8) is 0 Å². The van der Waals surface area contributed by atoms with Crippen LogP contribution in [0.4, 0.5) is 5.69 Å². The van der Waals surface area contributed by atoms with Crippen molar-refractivity contribution in [2.24, 2.45) is 0 Å². The lowest BCUT2D eigenvalue weighted by Crippen LogP contribution is -2.01.